The smallest absolute Gasteiger partial charge is 0.279 e. The number of hydrogen-bond acceptors (Lipinski definition) is 3. The number of nitrogens with one attached hydrogen (secondary N) is 1. The van der Waals surface area contributed by atoms with E-state index in [1.807, 2.05) is 0 Å². The normalized spacial score (nSPS) is 20.1. The highest BCUT2D eigenvalue weighted by atomic mass is 32.2. The van der Waals surface area contributed by atoms with Gasteiger partial charge in [-0.05, 0) is 19.3 Å². The molecule has 0 aromatic rings. The number of nitrogens with zero attached hydrogens (tertiary/aromatic N) is 1. The zero-order valence-electron chi connectivity index (χ0n) is 9.98. The number of nitrogens with two attached hydrogens (primary N) is 1. The van der Waals surface area contributed by atoms with E-state index in [2.05, 4.69) is 11.6 Å². The molecular weight excluding hydrogens is 226 g/mol. The summed E-state index contributed by atoms with van der Waals surface area (Å²) in [6.45, 7) is 3.73. The minimum Gasteiger partial charge on any atom is -0.329 e. The van der Waals surface area contributed by atoms with Gasteiger partial charge in [0.2, 0.25) is 0 Å². The van der Waals surface area contributed by atoms with Crippen molar-refractivity contribution in [1.82, 2.24) is 9.03 Å². The highest BCUT2D eigenvalue weighted by Gasteiger charge is 2.26. The monoisotopic (exact) mass is 249 g/mol. The third-order valence-electron chi connectivity index (χ3n) is 2.91. The average molecular weight is 249 g/mol. The third-order valence-corrected chi connectivity index (χ3v) is 4.59. The van der Waals surface area contributed by atoms with E-state index in [9.17, 15) is 8.42 Å². The molecule has 1 fully saturated rings. The first kappa shape index (κ1) is 13.9. The molecule has 0 aromatic carbocycles. The lowest BCUT2D eigenvalue weighted by atomic mass is 10.1. The van der Waals surface area contributed by atoms with Gasteiger partial charge < -0.3 is 5.73 Å². The van der Waals surface area contributed by atoms with E-state index in [1.165, 1.54) is 4.31 Å². The average Bonchev–Trinajstić information content (AvgIpc) is 2.78. The van der Waals surface area contributed by atoms with E-state index in [4.69, 9.17) is 5.73 Å². The molecule has 16 heavy (non-hydrogen) atoms. The molecule has 0 aromatic heterocycles. The Morgan fingerprint density at radius 3 is 2.50 bits per heavy atom. The van der Waals surface area contributed by atoms with Gasteiger partial charge in [-0.2, -0.15) is 17.4 Å². The fourth-order valence-electron chi connectivity index (χ4n) is 1.89. The Morgan fingerprint density at radius 2 is 2.00 bits per heavy atom. The summed E-state index contributed by atoms with van der Waals surface area (Å²) in [7, 11) is -3.30. The molecule has 0 bridgehead atoms. The molecule has 5 nitrogen and oxygen atoms in total. The minimum absolute atomic E-state index is 0.120. The van der Waals surface area contributed by atoms with Crippen molar-refractivity contribution in [3.05, 3.63) is 0 Å². The second-order valence-electron chi connectivity index (χ2n) is 4.30. The van der Waals surface area contributed by atoms with Gasteiger partial charge in [0.1, 0.15) is 0 Å². The summed E-state index contributed by atoms with van der Waals surface area (Å²) in [5.41, 5.74) is 5.57. The summed E-state index contributed by atoms with van der Waals surface area (Å²) in [6.07, 6.45) is 4.80. The molecule has 3 N–H and O–H groups in total. The van der Waals surface area contributed by atoms with Crippen LogP contribution >= 0.6 is 0 Å². The molecule has 0 spiro atoms. The van der Waals surface area contributed by atoms with E-state index in [-0.39, 0.29) is 6.04 Å². The maximum atomic E-state index is 11.9. The van der Waals surface area contributed by atoms with Crippen molar-refractivity contribution in [1.29, 1.82) is 0 Å². The van der Waals surface area contributed by atoms with Crippen LogP contribution in [0.4, 0.5) is 0 Å². The van der Waals surface area contributed by atoms with Crippen LogP contribution in [0, 0.1) is 0 Å². The van der Waals surface area contributed by atoms with E-state index in [1.54, 1.807) is 0 Å². The lowest BCUT2D eigenvalue weighted by molar-refractivity contribution is 0.443. The molecule has 1 atom stereocenters. The Morgan fingerprint density at radius 1 is 1.38 bits per heavy atom. The zero-order valence-corrected chi connectivity index (χ0v) is 10.8. The van der Waals surface area contributed by atoms with Crippen molar-refractivity contribution < 1.29 is 8.42 Å². The maximum absolute atomic E-state index is 11.9. The van der Waals surface area contributed by atoms with Gasteiger partial charge in [-0.15, -0.1) is 0 Å². The van der Waals surface area contributed by atoms with E-state index in [0.29, 0.717) is 19.6 Å². The first-order valence-corrected chi connectivity index (χ1v) is 7.51. The second kappa shape index (κ2) is 6.54. The van der Waals surface area contributed by atoms with Crippen molar-refractivity contribution in [2.75, 3.05) is 19.6 Å². The summed E-state index contributed by atoms with van der Waals surface area (Å²) in [5.74, 6) is 0. The highest BCUT2D eigenvalue weighted by Crippen LogP contribution is 2.12. The van der Waals surface area contributed by atoms with Crippen LogP contribution < -0.4 is 10.5 Å². The van der Waals surface area contributed by atoms with Crippen LogP contribution in [-0.4, -0.2) is 38.4 Å². The summed E-state index contributed by atoms with van der Waals surface area (Å²) < 4.78 is 28.1. The number of unbranched alkanes of at least 4 members (excludes halogenated alkanes) is 1. The van der Waals surface area contributed by atoms with Crippen LogP contribution in [0.3, 0.4) is 0 Å². The van der Waals surface area contributed by atoms with Crippen molar-refractivity contribution in [3.8, 4) is 0 Å². The lowest BCUT2D eigenvalue weighted by Crippen LogP contribution is -2.47. The molecule has 1 saturated heterocycles. The molecule has 0 saturated carbocycles. The number of rotatable bonds is 7. The first-order valence-electron chi connectivity index (χ1n) is 6.07. The first-order chi connectivity index (χ1) is 7.60. The molecule has 1 aliphatic heterocycles. The summed E-state index contributed by atoms with van der Waals surface area (Å²) in [6, 6.07) is -0.120. The summed E-state index contributed by atoms with van der Waals surface area (Å²) >= 11 is 0. The van der Waals surface area contributed by atoms with Gasteiger partial charge in [0, 0.05) is 25.7 Å². The van der Waals surface area contributed by atoms with Crippen LogP contribution in [-0.2, 0) is 10.2 Å². The molecule has 1 unspecified atom stereocenters. The molecule has 1 rings (SSSR count). The van der Waals surface area contributed by atoms with Crippen molar-refractivity contribution >= 4 is 10.2 Å². The van der Waals surface area contributed by atoms with Gasteiger partial charge in [0.05, 0.1) is 0 Å². The molecule has 96 valence electrons. The van der Waals surface area contributed by atoms with Crippen molar-refractivity contribution in [2.24, 2.45) is 5.73 Å². The van der Waals surface area contributed by atoms with Crippen LogP contribution in [0.25, 0.3) is 0 Å². The van der Waals surface area contributed by atoms with Gasteiger partial charge in [-0.1, -0.05) is 19.8 Å². The minimum atomic E-state index is -3.30. The van der Waals surface area contributed by atoms with Gasteiger partial charge >= 0.3 is 0 Å². The van der Waals surface area contributed by atoms with E-state index < -0.39 is 10.2 Å². The molecule has 1 heterocycles. The Bertz CT molecular complexity index is 286. The molecule has 6 heteroatoms. The molecule has 1 aliphatic rings. The Labute approximate surface area is 98.6 Å². The third kappa shape index (κ3) is 4.01. The predicted molar refractivity (Wildman–Crippen MR) is 65.2 cm³/mol. The SMILES string of the molecule is CCCCC(CN)NS(=O)(=O)N1CCCC1. The predicted octanol–water partition coefficient (Wildman–Crippen LogP) is 0.434. The Hall–Kier alpha value is -0.170. The molecular formula is C10H23N3O2S. The zero-order chi connectivity index (χ0) is 12.0. The molecule has 0 radical (unpaired) electrons. The van der Waals surface area contributed by atoms with Crippen molar-refractivity contribution in [2.45, 2.75) is 45.1 Å². The fraction of sp³-hybridized carbons (Fsp3) is 1.00. The molecule has 0 aliphatic carbocycles. The van der Waals surface area contributed by atoms with Crippen LogP contribution in [0.2, 0.25) is 0 Å². The Kier molecular flexibility index (Phi) is 5.68. The standard InChI is InChI=1S/C10H23N3O2S/c1-2-3-6-10(9-11)12-16(14,15)13-7-4-5-8-13/h10,12H,2-9,11H2,1H3. The summed E-state index contributed by atoms with van der Waals surface area (Å²) in [5, 5.41) is 0. The van der Waals surface area contributed by atoms with Crippen LogP contribution in [0.15, 0.2) is 0 Å². The van der Waals surface area contributed by atoms with E-state index >= 15 is 0 Å². The van der Waals surface area contributed by atoms with Crippen molar-refractivity contribution in [3.63, 3.8) is 0 Å². The van der Waals surface area contributed by atoms with E-state index in [0.717, 1.165) is 32.1 Å². The van der Waals surface area contributed by atoms with Gasteiger partial charge in [0.15, 0.2) is 0 Å². The lowest BCUT2D eigenvalue weighted by Gasteiger charge is -2.21. The largest absolute Gasteiger partial charge is 0.329 e. The topological polar surface area (TPSA) is 75.4 Å². The van der Waals surface area contributed by atoms with Gasteiger partial charge in [-0.3, -0.25) is 0 Å². The quantitative estimate of drug-likeness (QED) is 0.687. The molecule has 0 amide bonds. The van der Waals surface area contributed by atoms with Crippen LogP contribution in [0.1, 0.15) is 39.0 Å². The Balaban J connectivity index is 2.48. The maximum Gasteiger partial charge on any atom is 0.279 e. The second-order valence-corrected chi connectivity index (χ2v) is 6.01. The van der Waals surface area contributed by atoms with Gasteiger partial charge in [0.25, 0.3) is 10.2 Å². The number of hydrogen-bond donors (Lipinski definition) is 2. The fourth-order valence-corrected chi connectivity index (χ4v) is 3.41. The van der Waals surface area contributed by atoms with Crippen LogP contribution in [0.5, 0.6) is 0 Å². The highest BCUT2D eigenvalue weighted by molar-refractivity contribution is 7.87. The van der Waals surface area contributed by atoms with Gasteiger partial charge in [-0.25, -0.2) is 0 Å². The summed E-state index contributed by atoms with van der Waals surface area (Å²) in [4.78, 5) is 0.